The number of benzene rings is 1. The van der Waals surface area contributed by atoms with Gasteiger partial charge >= 0.3 is 0 Å². The summed E-state index contributed by atoms with van der Waals surface area (Å²) in [7, 11) is 5.83. The second-order valence-corrected chi connectivity index (χ2v) is 6.36. The highest BCUT2D eigenvalue weighted by molar-refractivity contribution is 5.31. The van der Waals surface area contributed by atoms with Crippen LogP contribution in [0.4, 0.5) is 0 Å². The number of hydrogen-bond donors (Lipinski definition) is 1. The fourth-order valence-corrected chi connectivity index (χ4v) is 3.35. The number of rotatable bonds is 4. The lowest BCUT2D eigenvalue weighted by Gasteiger charge is -2.47. The van der Waals surface area contributed by atoms with Crippen molar-refractivity contribution in [2.45, 2.75) is 44.2 Å². The maximum atomic E-state index is 11.0. The number of hydrogen-bond acceptors (Lipinski definition) is 3. The minimum atomic E-state index is -0.472. The van der Waals surface area contributed by atoms with Crippen LogP contribution in [0.5, 0.6) is 5.75 Å². The molecule has 0 spiro atoms. The van der Waals surface area contributed by atoms with Crippen molar-refractivity contribution in [2.24, 2.45) is 5.92 Å². The largest absolute Gasteiger partial charge is 0.497 e. The van der Waals surface area contributed by atoms with Crippen LogP contribution < -0.4 is 4.74 Å². The van der Waals surface area contributed by atoms with Crippen LogP contribution in [0.15, 0.2) is 24.3 Å². The molecule has 1 N–H and O–H groups in total. The number of likely N-dealkylation sites (N-methyl/N-ethyl adjacent to an activating group) is 1. The second-order valence-electron chi connectivity index (χ2n) is 6.36. The Labute approximate surface area is 122 Å². The topological polar surface area (TPSA) is 32.7 Å². The number of ether oxygens (including phenoxy) is 1. The van der Waals surface area contributed by atoms with Crippen LogP contribution in [-0.4, -0.2) is 36.8 Å². The second kappa shape index (κ2) is 6.15. The van der Waals surface area contributed by atoms with E-state index in [2.05, 4.69) is 25.9 Å². The molecule has 1 aromatic carbocycles. The normalized spacial score (nSPS) is 28.4. The molecule has 0 heterocycles. The zero-order valence-corrected chi connectivity index (χ0v) is 13.1. The van der Waals surface area contributed by atoms with Crippen molar-refractivity contribution in [2.75, 3.05) is 21.2 Å². The van der Waals surface area contributed by atoms with Gasteiger partial charge in [-0.2, -0.15) is 0 Å². The Kier molecular flexibility index (Phi) is 4.71. The third kappa shape index (κ3) is 2.84. The van der Waals surface area contributed by atoms with Gasteiger partial charge in [0.25, 0.3) is 0 Å². The van der Waals surface area contributed by atoms with Crippen molar-refractivity contribution < 1.29 is 9.84 Å². The molecule has 0 saturated heterocycles. The van der Waals surface area contributed by atoms with Crippen LogP contribution in [0.25, 0.3) is 0 Å². The van der Waals surface area contributed by atoms with E-state index in [0.29, 0.717) is 0 Å². The Morgan fingerprint density at radius 3 is 2.50 bits per heavy atom. The summed E-state index contributed by atoms with van der Waals surface area (Å²) in [5, 5.41) is 11.0. The molecule has 1 aromatic rings. The van der Waals surface area contributed by atoms with E-state index in [0.717, 1.165) is 30.1 Å². The monoisotopic (exact) mass is 277 g/mol. The van der Waals surface area contributed by atoms with Gasteiger partial charge in [0.2, 0.25) is 0 Å². The van der Waals surface area contributed by atoms with Gasteiger partial charge in [0, 0.05) is 0 Å². The average Bonchev–Trinajstić information content (AvgIpc) is 2.47. The lowest BCUT2D eigenvalue weighted by molar-refractivity contribution is -0.0408. The summed E-state index contributed by atoms with van der Waals surface area (Å²) < 4.78 is 5.28. The molecule has 0 aromatic heterocycles. The fraction of sp³-hybridized carbons (Fsp3) is 0.647. The minimum absolute atomic E-state index is 0.154. The maximum absolute atomic E-state index is 11.0. The van der Waals surface area contributed by atoms with Gasteiger partial charge in [0.05, 0.1) is 18.8 Å². The van der Waals surface area contributed by atoms with Crippen molar-refractivity contribution in [3.63, 3.8) is 0 Å². The molecule has 1 atom stereocenters. The first kappa shape index (κ1) is 15.3. The van der Waals surface area contributed by atoms with E-state index in [1.165, 1.54) is 12.8 Å². The first-order chi connectivity index (χ1) is 9.49. The van der Waals surface area contributed by atoms with Crippen molar-refractivity contribution in [3.05, 3.63) is 29.8 Å². The summed E-state index contributed by atoms with van der Waals surface area (Å²) >= 11 is 0. The first-order valence-corrected chi connectivity index (χ1v) is 7.49. The van der Waals surface area contributed by atoms with E-state index >= 15 is 0 Å². The molecule has 1 aliphatic rings. The van der Waals surface area contributed by atoms with E-state index in [1.807, 2.05) is 24.3 Å². The Hall–Kier alpha value is -1.06. The van der Waals surface area contributed by atoms with Gasteiger partial charge < -0.3 is 14.7 Å². The third-order valence-electron chi connectivity index (χ3n) is 4.95. The molecule has 1 fully saturated rings. The molecular weight excluding hydrogens is 250 g/mol. The highest BCUT2D eigenvalue weighted by Gasteiger charge is 2.43. The lowest BCUT2D eigenvalue weighted by atomic mass is 9.71. The quantitative estimate of drug-likeness (QED) is 0.917. The maximum Gasteiger partial charge on any atom is 0.119 e. The van der Waals surface area contributed by atoms with Gasteiger partial charge in [0.1, 0.15) is 5.75 Å². The average molecular weight is 277 g/mol. The number of aliphatic hydroxyl groups excluding tert-OH is 1. The third-order valence-corrected chi connectivity index (χ3v) is 4.95. The predicted octanol–water partition coefficient (Wildman–Crippen LogP) is 3.24. The van der Waals surface area contributed by atoms with E-state index in [1.54, 1.807) is 7.11 Å². The molecule has 112 valence electrons. The van der Waals surface area contributed by atoms with E-state index in [9.17, 15) is 5.11 Å². The zero-order valence-electron chi connectivity index (χ0n) is 13.1. The molecule has 3 heteroatoms. The Morgan fingerprint density at radius 2 is 1.95 bits per heavy atom. The molecule has 0 radical (unpaired) electrons. The molecule has 1 aliphatic carbocycles. The van der Waals surface area contributed by atoms with Gasteiger partial charge in [-0.1, -0.05) is 19.1 Å². The van der Waals surface area contributed by atoms with Crippen LogP contribution in [0.2, 0.25) is 0 Å². The van der Waals surface area contributed by atoms with Crippen LogP contribution >= 0.6 is 0 Å². The lowest BCUT2D eigenvalue weighted by Crippen LogP contribution is -2.51. The van der Waals surface area contributed by atoms with Gasteiger partial charge in [0.15, 0.2) is 0 Å². The minimum Gasteiger partial charge on any atom is -0.497 e. The Bertz CT molecular complexity index is 436. The number of aliphatic hydroxyl groups is 1. The molecule has 1 unspecified atom stereocenters. The molecule has 0 aliphatic heterocycles. The summed E-state index contributed by atoms with van der Waals surface area (Å²) in [5.74, 6) is 1.57. The van der Waals surface area contributed by atoms with Crippen LogP contribution in [0, 0.1) is 5.92 Å². The van der Waals surface area contributed by atoms with Gasteiger partial charge in [-0.05, 0) is 63.4 Å². The van der Waals surface area contributed by atoms with Crippen molar-refractivity contribution >= 4 is 0 Å². The molecule has 0 amide bonds. The molecule has 20 heavy (non-hydrogen) atoms. The van der Waals surface area contributed by atoms with E-state index in [-0.39, 0.29) is 5.54 Å². The van der Waals surface area contributed by atoms with Gasteiger partial charge in [-0.3, -0.25) is 0 Å². The summed E-state index contributed by atoms with van der Waals surface area (Å²) in [6.07, 6.45) is 3.97. The van der Waals surface area contributed by atoms with E-state index in [4.69, 9.17) is 4.74 Å². The SMILES string of the molecule is COc1cccc(C(O)C2(N(C)C)CCC(C)CC2)c1. The zero-order chi connectivity index (χ0) is 14.8. The summed E-state index contributed by atoms with van der Waals surface area (Å²) in [6, 6.07) is 7.82. The van der Waals surface area contributed by atoms with Crippen molar-refractivity contribution in [1.82, 2.24) is 4.90 Å². The highest BCUT2D eigenvalue weighted by atomic mass is 16.5. The Morgan fingerprint density at radius 1 is 1.30 bits per heavy atom. The Balaban J connectivity index is 2.29. The molecule has 2 rings (SSSR count). The van der Waals surface area contributed by atoms with Crippen molar-refractivity contribution in [1.29, 1.82) is 0 Å². The molecule has 0 bridgehead atoms. The smallest absolute Gasteiger partial charge is 0.119 e. The standard InChI is InChI=1S/C17H27NO2/c1-13-8-10-17(11-9-13,18(2)3)16(19)14-6-5-7-15(12-14)20-4/h5-7,12-13,16,19H,8-11H2,1-4H3. The van der Waals surface area contributed by atoms with Gasteiger partial charge in [-0.15, -0.1) is 0 Å². The predicted molar refractivity (Wildman–Crippen MR) is 82.0 cm³/mol. The molecule has 3 nitrogen and oxygen atoms in total. The fourth-order valence-electron chi connectivity index (χ4n) is 3.35. The van der Waals surface area contributed by atoms with Gasteiger partial charge in [-0.25, -0.2) is 0 Å². The number of nitrogens with zero attached hydrogens (tertiary/aromatic N) is 1. The number of methoxy groups -OCH3 is 1. The van der Waals surface area contributed by atoms with Crippen LogP contribution in [-0.2, 0) is 0 Å². The molecular formula is C17H27NO2. The first-order valence-electron chi connectivity index (χ1n) is 7.49. The van der Waals surface area contributed by atoms with Crippen molar-refractivity contribution in [3.8, 4) is 5.75 Å². The summed E-state index contributed by atoms with van der Waals surface area (Å²) in [4.78, 5) is 2.21. The summed E-state index contributed by atoms with van der Waals surface area (Å²) in [6.45, 7) is 2.30. The molecule has 1 saturated carbocycles. The van der Waals surface area contributed by atoms with Crippen LogP contribution in [0.3, 0.4) is 0 Å². The van der Waals surface area contributed by atoms with E-state index < -0.39 is 6.10 Å². The van der Waals surface area contributed by atoms with Crippen LogP contribution in [0.1, 0.15) is 44.3 Å². The summed E-state index contributed by atoms with van der Waals surface area (Å²) in [5.41, 5.74) is 0.798. The highest BCUT2D eigenvalue weighted by Crippen LogP contribution is 2.43.